The second-order valence-electron chi connectivity index (χ2n) is 5.92. The van der Waals surface area contributed by atoms with E-state index in [-0.39, 0.29) is 12.2 Å². The zero-order valence-corrected chi connectivity index (χ0v) is 15.4. The SMILES string of the molecule is Cc1ccc(-c2csc(NC(=O)COC(=O)Cc3ccc(F)cc3)n2)cc1. The minimum Gasteiger partial charge on any atom is -0.455 e. The molecule has 0 atom stereocenters. The van der Waals surface area contributed by atoms with E-state index < -0.39 is 18.5 Å². The predicted molar refractivity (Wildman–Crippen MR) is 102 cm³/mol. The van der Waals surface area contributed by atoms with E-state index in [2.05, 4.69) is 10.3 Å². The number of carbonyl (C=O) groups is 2. The van der Waals surface area contributed by atoms with Crippen LogP contribution in [0, 0.1) is 12.7 Å². The number of anilines is 1. The van der Waals surface area contributed by atoms with Crippen LogP contribution in [-0.2, 0) is 20.7 Å². The maximum atomic E-state index is 12.8. The largest absolute Gasteiger partial charge is 0.455 e. The molecule has 0 bridgehead atoms. The summed E-state index contributed by atoms with van der Waals surface area (Å²) >= 11 is 1.30. The van der Waals surface area contributed by atoms with Gasteiger partial charge in [-0.25, -0.2) is 9.37 Å². The smallest absolute Gasteiger partial charge is 0.310 e. The maximum Gasteiger partial charge on any atom is 0.310 e. The molecule has 0 saturated carbocycles. The molecule has 7 heteroatoms. The second kappa shape index (κ2) is 8.55. The fourth-order valence-electron chi connectivity index (χ4n) is 2.31. The molecule has 0 spiro atoms. The van der Waals surface area contributed by atoms with Gasteiger partial charge >= 0.3 is 5.97 Å². The molecule has 0 aliphatic rings. The third kappa shape index (κ3) is 5.46. The van der Waals surface area contributed by atoms with Crippen molar-refractivity contribution >= 4 is 28.3 Å². The molecule has 0 saturated heterocycles. The van der Waals surface area contributed by atoms with Crippen LogP contribution in [0.15, 0.2) is 53.9 Å². The number of ether oxygens (including phenoxy) is 1. The van der Waals surface area contributed by atoms with Gasteiger partial charge in [-0.15, -0.1) is 11.3 Å². The molecule has 1 aromatic heterocycles. The molecule has 0 radical (unpaired) electrons. The number of hydrogen-bond donors (Lipinski definition) is 1. The Hall–Kier alpha value is -3.06. The van der Waals surface area contributed by atoms with E-state index in [1.54, 1.807) is 0 Å². The van der Waals surface area contributed by atoms with Gasteiger partial charge in [0, 0.05) is 10.9 Å². The molecule has 0 fully saturated rings. The number of amides is 1. The van der Waals surface area contributed by atoms with E-state index in [9.17, 15) is 14.0 Å². The summed E-state index contributed by atoms with van der Waals surface area (Å²) in [5.41, 5.74) is 3.50. The van der Waals surface area contributed by atoms with Crippen molar-refractivity contribution in [2.24, 2.45) is 0 Å². The molecule has 1 N–H and O–H groups in total. The van der Waals surface area contributed by atoms with Crippen LogP contribution in [0.1, 0.15) is 11.1 Å². The lowest BCUT2D eigenvalue weighted by Gasteiger charge is -2.05. The lowest BCUT2D eigenvalue weighted by atomic mass is 10.1. The van der Waals surface area contributed by atoms with E-state index in [0.717, 1.165) is 16.8 Å². The van der Waals surface area contributed by atoms with Gasteiger partial charge < -0.3 is 4.74 Å². The first-order valence-corrected chi connectivity index (χ1v) is 9.10. The van der Waals surface area contributed by atoms with Crippen molar-refractivity contribution in [3.63, 3.8) is 0 Å². The van der Waals surface area contributed by atoms with Gasteiger partial charge in [0.25, 0.3) is 5.91 Å². The molecule has 27 heavy (non-hydrogen) atoms. The highest BCUT2D eigenvalue weighted by Gasteiger charge is 2.11. The minimum absolute atomic E-state index is 0.0254. The van der Waals surface area contributed by atoms with Crippen LogP contribution in [0.5, 0.6) is 0 Å². The zero-order valence-electron chi connectivity index (χ0n) is 14.6. The summed E-state index contributed by atoms with van der Waals surface area (Å²) in [5, 5.41) is 4.90. The Morgan fingerprint density at radius 3 is 2.52 bits per heavy atom. The highest BCUT2D eigenvalue weighted by Crippen LogP contribution is 2.25. The van der Waals surface area contributed by atoms with Crippen LogP contribution in [-0.4, -0.2) is 23.5 Å². The number of hydrogen-bond acceptors (Lipinski definition) is 5. The van der Waals surface area contributed by atoms with Gasteiger partial charge in [0.05, 0.1) is 12.1 Å². The number of nitrogens with zero attached hydrogens (tertiary/aromatic N) is 1. The van der Waals surface area contributed by atoms with E-state index in [0.29, 0.717) is 10.7 Å². The van der Waals surface area contributed by atoms with Crippen molar-refractivity contribution < 1.29 is 18.7 Å². The number of esters is 1. The first kappa shape index (κ1) is 18.7. The van der Waals surface area contributed by atoms with Crippen LogP contribution >= 0.6 is 11.3 Å². The van der Waals surface area contributed by atoms with Crippen LogP contribution < -0.4 is 5.32 Å². The van der Waals surface area contributed by atoms with Gasteiger partial charge in [0.2, 0.25) is 0 Å². The Labute approximate surface area is 159 Å². The molecule has 138 valence electrons. The first-order valence-electron chi connectivity index (χ1n) is 8.22. The first-order chi connectivity index (χ1) is 13.0. The predicted octanol–water partition coefficient (Wildman–Crippen LogP) is 3.98. The summed E-state index contributed by atoms with van der Waals surface area (Å²) in [6.45, 7) is 1.60. The summed E-state index contributed by atoms with van der Waals surface area (Å²) in [6, 6.07) is 13.5. The number of benzene rings is 2. The molecule has 1 heterocycles. The third-order valence-corrected chi connectivity index (χ3v) is 4.48. The number of nitrogens with one attached hydrogen (secondary N) is 1. The van der Waals surface area contributed by atoms with Crippen molar-refractivity contribution in [1.82, 2.24) is 4.98 Å². The van der Waals surface area contributed by atoms with Crippen LogP contribution in [0.4, 0.5) is 9.52 Å². The Balaban J connectivity index is 1.48. The average Bonchev–Trinajstić information content (AvgIpc) is 3.11. The normalized spacial score (nSPS) is 10.4. The van der Waals surface area contributed by atoms with Crippen LogP contribution in [0.2, 0.25) is 0 Å². The van der Waals surface area contributed by atoms with Gasteiger partial charge in [0.1, 0.15) is 5.82 Å². The van der Waals surface area contributed by atoms with Gasteiger partial charge in [-0.1, -0.05) is 42.0 Å². The molecule has 3 rings (SSSR count). The Kier molecular flexibility index (Phi) is 5.93. The third-order valence-electron chi connectivity index (χ3n) is 3.72. The summed E-state index contributed by atoms with van der Waals surface area (Å²) in [4.78, 5) is 28.1. The maximum absolute atomic E-state index is 12.8. The average molecular weight is 384 g/mol. The van der Waals surface area contributed by atoms with E-state index >= 15 is 0 Å². The Bertz CT molecular complexity index is 937. The fraction of sp³-hybridized carbons (Fsp3) is 0.150. The number of rotatable bonds is 6. The topological polar surface area (TPSA) is 68.3 Å². The van der Waals surface area contributed by atoms with E-state index in [4.69, 9.17) is 4.74 Å². The molecule has 1 amide bonds. The molecular weight excluding hydrogens is 367 g/mol. The van der Waals surface area contributed by atoms with Crippen molar-refractivity contribution in [1.29, 1.82) is 0 Å². The lowest BCUT2D eigenvalue weighted by molar-refractivity contribution is -0.146. The summed E-state index contributed by atoms with van der Waals surface area (Å²) in [6.07, 6.45) is -0.0254. The van der Waals surface area contributed by atoms with Gasteiger partial charge in [-0.2, -0.15) is 0 Å². The van der Waals surface area contributed by atoms with Crippen LogP contribution in [0.3, 0.4) is 0 Å². The number of aromatic nitrogens is 1. The molecule has 0 unspecified atom stereocenters. The number of carbonyl (C=O) groups excluding carboxylic acids is 2. The Morgan fingerprint density at radius 2 is 1.81 bits per heavy atom. The quantitative estimate of drug-likeness (QED) is 0.653. The van der Waals surface area contributed by atoms with Crippen molar-refractivity contribution in [2.75, 3.05) is 11.9 Å². The summed E-state index contributed by atoms with van der Waals surface area (Å²) in [7, 11) is 0. The molecule has 3 aromatic rings. The highest BCUT2D eigenvalue weighted by atomic mass is 32.1. The summed E-state index contributed by atoms with van der Waals surface area (Å²) in [5.74, 6) is -1.40. The van der Waals surface area contributed by atoms with Crippen molar-refractivity contribution in [2.45, 2.75) is 13.3 Å². The Morgan fingerprint density at radius 1 is 1.11 bits per heavy atom. The lowest BCUT2D eigenvalue weighted by Crippen LogP contribution is -2.21. The van der Waals surface area contributed by atoms with Gasteiger partial charge in [-0.05, 0) is 24.6 Å². The highest BCUT2D eigenvalue weighted by molar-refractivity contribution is 7.14. The molecule has 0 aliphatic carbocycles. The monoisotopic (exact) mass is 384 g/mol. The number of thiazole rings is 1. The fourth-order valence-corrected chi connectivity index (χ4v) is 3.05. The molecule has 0 aliphatic heterocycles. The number of halogens is 1. The minimum atomic E-state index is -0.559. The standard InChI is InChI=1S/C20H17FN2O3S/c1-13-2-6-15(7-3-13)17-12-27-20(22-17)23-18(24)11-26-19(25)10-14-4-8-16(21)9-5-14/h2-9,12H,10-11H2,1H3,(H,22,23,24). The van der Waals surface area contributed by atoms with Gasteiger partial charge in [-0.3, -0.25) is 14.9 Å². The molecule has 2 aromatic carbocycles. The van der Waals surface area contributed by atoms with Gasteiger partial charge in [0.15, 0.2) is 11.7 Å². The molecular formula is C20H17FN2O3S. The summed E-state index contributed by atoms with van der Waals surface area (Å²) < 4.78 is 17.8. The van der Waals surface area contributed by atoms with E-state index in [1.807, 2.05) is 36.6 Å². The van der Waals surface area contributed by atoms with E-state index in [1.165, 1.54) is 35.6 Å². The van der Waals surface area contributed by atoms with Crippen LogP contribution in [0.25, 0.3) is 11.3 Å². The molecule has 5 nitrogen and oxygen atoms in total. The zero-order chi connectivity index (χ0) is 19.2. The van der Waals surface area contributed by atoms with Crippen molar-refractivity contribution in [3.8, 4) is 11.3 Å². The number of aryl methyl sites for hydroxylation is 1. The van der Waals surface area contributed by atoms with Crippen molar-refractivity contribution in [3.05, 3.63) is 70.9 Å². The second-order valence-corrected chi connectivity index (χ2v) is 6.77.